The second-order valence-corrected chi connectivity index (χ2v) is 5.13. The molecule has 0 radical (unpaired) electrons. The topological polar surface area (TPSA) is 20.2 Å². The van der Waals surface area contributed by atoms with Crippen molar-refractivity contribution in [3.63, 3.8) is 0 Å². The van der Waals surface area contributed by atoms with Crippen LogP contribution in [-0.2, 0) is 0 Å². The minimum atomic E-state index is -0.446. The van der Waals surface area contributed by atoms with Crippen molar-refractivity contribution in [3.8, 4) is 0 Å². The van der Waals surface area contributed by atoms with Gasteiger partial charge in [-0.15, -0.1) is 0 Å². The summed E-state index contributed by atoms with van der Waals surface area (Å²) in [5.41, 5.74) is 0. The zero-order chi connectivity index (χ0) is 13.5. The lowest BCUT2D eigenvalue weighted by molar-refractivity contribution is 0.297. The fourth-order valence-electron chi connectivity index (χ4n) is 2.13. The zero-order valence-corrected chi connectivity index (χ0v) is 12.1. The maximum atomic E-state index is 12.5. The normalized spacial score (nSPS) is 12.1. The molecular weight excluding hydrogens is 227 g/mol. The van der Waals surface area contributed by atoms with Gasteiger partial charge in [-0.2, -0.15) is 0 Å². The molecule has 1 N–H and O–H groups in total. The van der Waals surface area contributed by atoms with E-state index in [9.17, 15) is 4.39 Å². The predicted octanol–water partition coefficient (Wildman–Crippen LogP) is 5.53. The lowest BCUT2D eigenvalue weighted by Gasteiger charge is -2.01. The largest absolute Gasteiger partial charge is 0.389 e. The van der Waals surface area contributed by atoms with Gasteiger partial charge in [0, 0.05) is 0 Å². The van der Waals surface area contributed by atoms with Crippen LogP contribution in [0.5, 0.6) is 0 Å². The summed E-state index contributed by atoms with van der Waals surface area (Å²) in [7, 11) is 0. The Labute approximate surface area is 112 Å². The maximum absolute atomic E-state index is 12.5. The molecule has 0 aliphatic carbocycles. The van der Waals surface area contributed by atoms with Crippen LogP contribution in [0, 0.1) is 0 Å². The summed E-state index contributed by atoms with van der Waals surface area (Å²) >= 11 is 0. The summed E-state index contributed by atoms with van der Waals surface area (Å²) in [5.74, 6) is -0.387. The van der Waals surface area contributed by atoms with Crippen LogP contribution in [-0.4, -0.2) is 11.7 Å². The molecule has 0 aliphatic rings. The number of halogens is 1. The zero-order valence-electron chi connectivity index (χ0n) is 12.1. The number of aliphatic hydroxyl groups is 1. The molecule has 0 unspecified atom stereocenters. The molecule has 1 nitrogen and oxygen atoms in total. The fourth-order valence-corrected chi connectivity index (χ4v) is 2.13. The average Bonchev–Trinajstić information content (AvgIpc) is 2.39. The molecule has 0 bridgehead atoms. The molecule has 0 aliphatic heterocycles. The summed E-state index contributed by atoms with van der Waals surface area (Å²) in [5, 5.41) is 8.47. The third-order valence-corrected chi connectivity index (χ3v) is 3.32. The molecule has 0 aromatic carbocycles. The number of allylic oxidation sites excluding steroid dienone is 1. The predicted molar refractivity (Wildman–Crippen MR) is 77.4 cm³/mol. The van der Waals surface area contributed by atoms with E-state index in [0.717, 1.165) is 12.8 Å². The van der Waals surface area contributed by atoms with E-state index < -0.39 is 6.61 Å². The van der Waals surface area contributed by atoms with Crippen molar-refractivity contribution < 1.29 is 9.50 Å². The molecule has 0 amide bonds. The molecule has 0 fully saturated rings. The molecule has 2 heteroatoms. The van der Waals surface area contributed by atoms with E-state index in [1.54, 1.807) is 0 Å². The minimum absolute atomic E-state index is 0.387. The average molecular weight is 258 g/mol. The molecule has 108 valence electrons. The number of aliphatic hydroxyl groups excluding tert-OH is 1. The number of hydrogen-bond donors (Lipinski definition) is 1. The molecule has 0 saturated heterocycles. The standard InChI is InChI=1S/C16H31FO/c1-2-3-4-5-6-7-8-9-10-11-12-13-14-16(17)15-18/h14,18H,2-13,15H2,1H3/b16-14-. The summed E-state index contributed by atoms with van der Waals surface area (Å²) in [4.78, 5) is 0. The first-order chi connectivity index (χ1) is 8.81. The molecule has 0 aromatic heterocycles. The highest BCUT2D eigenvalue weighted by Crippen LogP contribution is 2.12. The van der Waals surface area contributed by atoms with Crippen molar-refractivity contribution in [2.75, 3.05) is 6.61 Å². The summed E-state index contributed by atoms with van der Waals surface area (Å²) in [6, 6.07) is 0. The van der Waals surface area contributed by atoms with Crippen molar-refractivity contribution in [1.29, 1.82) is 0 Å². The van der Waals surface area contributed by atoms with E-state index in [0.29, 0.717) is 0 Å². The maximum Gasteiger partial charge on any atom is 0.121 e. The third-order valence-electron chi connectivity index (χ3n) is 3.32. The van der Waals surface area contributed by atoms with Crippen LogP contribution in [0.25, 0.3) is 0 Å². The SMILES string of the molecule is CCCCCCCCCCCCC/C=C(\F)CO. The monoisotopic (exact) mass is 258 g/mol. The third kappa shape index (κ3) is 13.7. The first-order valence-corrected chi connectivity index (χ1v) is 7.76. The quantitative estimate of drug-likeness (QED) is 0.430. The molecule has 0 spiro atoms. The lowest BCUT2D eigenvalue weighted by Crippen LogP contribution is -1.83. The van der Waals surface area contributed by atoms with Gasteiger partial charge in [-0.3, -0.25) is 0 Å². The van der Waals surface area contributed by atoms with Gasteiger partial charge in [-0.1, -0.05) is 77.2 Å². The highest BCUT2D eigenvalue weighted by molar-refractivity contribution is 4.90. The van der Waals surface area contributed by atoms with Gasteiger partial charge < -0.3 is 5.11 Å². The van der Waals surface area contributed by atoms with E-state index in [1.165, 1.54) is 70.3 Å². The number of hydrogen-bond acceptors (Lipinski definition) is 1. The first-order valence-electron chi connectivity index (χ1n) is 7.76. The fraction of sp³-hybridized carbons (Fsp3) is 0.875. The van der Waals surface area contributed by atoms with Crippen LogP contribution in [0.4, 0.5) is 4.39 Å². The molecule has 0 aromatic rings. The Balaban J connectivity index is 3.03. The van der Waals surface area contributed by atoms with E-state index >= 15 is 0 Å². The highest BCUT2D eigenvalue weighted by Gasteiger charge is 1.93. The lowest BCUT2D eigenvalue weighted by atomic mass is 10.1. The van der Waals surface area contributed by atoms with Gasteiger partial charge in [0.05, 0.1) is 6.61 Å². The second kappa shape index (κ2) is 14.7. The van der Waals surface area contributed by atoms with Crippen molar-refractivity contribution in [2.45, 2.75) is 84.0 Å². The van der Waals surface area contributed by atoms with Gasteiger partial charge in [0.1, 0.15) is 5.83 Å². The van der Waals surface area contributed by atoms with Crippen molar-refractivity contribution in [2.24, 2.45) is 0 Å². The van der Waals surface area contributed by atoms with Crippen molar-refractivity contribution >= 4 is 0 Å². The smallest absolute Gasteiger partial charge is 0.121 e. The van der Waals surface area contributed by atoms with Crippen LogP contribution in [0.2, 0.25) is 0 Å². The molecule has 0 saturated carbocycles. The molecular formula is C16H31FO. The van der Waals surface area contributed by atoms with Gasteiger partial charge in [0.15, 0.2) is 0 Å². The van der Waals surface area contributed by atoms with Gasteiger partial charge in [0.25, 0.3) is 0 Å². The Bertz CT molecular complexity index is 190. The number of unbranched alkanes of at least 4 members (excludes halogenated alkanes) is 11. The van der Waals surface area contributed by atoms with Crippen LogP contribution >= 0.6 is 0 Å². The van der Waals surface area contributed by atoms with Gasteiger partial charge >= 0.3 is 0 Å². The van der Waals surface area contributed by atoms with E-state index in [-0.39, 0.29) is 5.83 Å². The van der Waals surface area contributed by atoms with Gasteiger partial charge in [-0.05, 0) is 12.8 Å². The molecule has 18 heavy (non-hydrogen) atoms. The van der Waals surface area contributed by atoms with E-state index in [4.69, 9.17) is 5.11 Å². The Morgan fingerprint density at radius 3 is 1.72 bits per heavy atom. The molecule has 0 rings (SSSR count). The van der Waals surface area contributed by atoms with Gasteiger partial charge in [0.2, 0.25) is 0 Å². The second-order valence-electron chi connectivity index (χ2n) is 5.13. The Morgan fingerprint density at radius 2 is 1.28 bits per heavy atom. The summed E-state index contributed by atoms with van der Waals surface area (Å²) < 4.78 is 12.5. The Hall–Kier alpha value is -0.370. The van der Waals surface area contributed by atoms with Crippen LogP contribution in [0.15, 0.2) is 11.9 Å². The Morgan fingerprint density at radius 1 is 0.833 bits per heavy atom. The summed E-state index contributed by atoms with van der Waals surface area (Å²) in [6.07, 6.45) is 16.7. The first kappa shape index (κ1) is 17.6. The van der Waals surface area contributed by atoms with Crippen LogP contribution in [0.1, 0.15) is 84.0 Å². The molecule has 0 atom stereocenters. The van der Waals surface area contributed by atoms with Crippen molar-refractivity contribution in [3.05, 3.63) is 11.9 Å². The van der Waals surface area contributed by atoms with Crippen LogP contribution in [0.3, 0.4) is 0 Å². The molecule has 0 heterocycles. The van der Waals surface area contributed by atoms with Crippen LogP contribution < -0.4 is 0 Å². The van der Waals surface area contributed by atoms with Gasteiger partial charge in [-0.25, -0.2) is 4.39 Å². The number of rotatable bonds is 13. The van der Waals surface area contributed by atoms with Crippen molar-refractivity contribution in [1.82, 2.24) is 0 Å². The summed E-state index contributed by atoms with van der Waals surface area (Å²) in [6.45, 7) is 1.81. The minimum Gasteiger partial charge on any atom is -0.389 e. The highest BCUT2D eigenvalue weighted by atomic mass is 19.1. The Kier molecular flexibility index (Phi) is 14.4. The van der Waals surface area contributed by atoms with E-state index in [1.807, 2.05) is 0 Å². The van der Waals surface area contributed by atoms with E-state index in [2.05, 4.69) is 6.92 Å².